The first-order chi connectivity index (χ1) is 9.99. The Morgan fingerprint density at radius 2 is 2.14 bits per heavy atom. The molecule has 6 nitrogen and oxygen atoms in total. The number of aryl methyl sites for hydroxylation is 2. The number of carbonyl (C=O) groups is 1. The minimum absolute atomic E-state index is 0.263. The Hall–Kier alpha value is -2.50. The first-order valence-electron chi connectivity index (χ1n) is 6.77. The van der Waals surface area contributed by atoms with Crippen LogP contribution < -0.4 is 11.1 Å². The van der Waals surface area contributed by atoms with Gasteiger partial charge in [-0.3, -0.25) is 0 Å². The molecule has 0 spiro atoms. The second-order valence-corrected chi connectivity index (χ2v) is 4.83. The van der Waals surface area contributed by atoms with Crippen LogP contribution in [0, 0.1) is 13.8 Å². The van der Waals surface area contributed by atoms with Crippen LogP contribution in [0.15, 0.2) is 18.2 Å². The Labute approximate surface area is 123 Å². The second kappa shape index (κ2) is 5.87. The lowest BCUT2D eigenvalue weighted by atomic mass is 10.1. The van der Waals surface area contributed by atoms with Crippen molar-refractivity contribution < 1.29 is 9.53 Å². The van der Waals surface area contributed by atoms with Gasteiger partial charge in [-0.05, 0) is 32.4 Å². The number of benzene rings is 1. The van der Waals surface area contributed by atoms with Gasteiger partial charge in [0.15, 0.2) is 5.82 Å². The van der Waals surface area contributed by atoms with Gasteiger partial charge in [-0.25, -0.2) is 9.48 Å². The summed E-state index contributed by atoms with van der Waals surface area (Å²) in [7, 11) is 1.33. The number of nitrogens with one attached hydrogen (secondary N) is 1. The Bertz CT molecular complexity index is 677. The Balaban J connectivity index is 2.62. The van der Waals surface area contributed by atoms with E-state index in [-0.39, 0.29) is 11.4 Å². The van der Waals surface area contributed by atoms with Crippen molar-refractivity contribution in [2.45, 2.75) is 20.8 Å². The van der Waals surface area contributed by atoms with Crippen molar-refractivity contribution in [1.82, 2.24) is 9.78 Å². The van der Waals surface area contributed by atoms with Crippen LogP contribution in [0.5, 0.6) is 0 Å². The van der Waals surface area contributed by atoms with Gasteiger partial charge in [-0.15, -0.1) is 5.10 Å². The van der Waals surface area contributed by atoms with Crippen molar-refractivity contribution in [2.75, 3.05) is 24.7 Å². The highest BCUT2D eigenvalue weighted by atomic mass is 16.5. The minimum Gasteiger partial charge on any atom is -0.465 e. The van der Waals surface area contributed by atoms with Crippen LogP contribution in [0.1, 0.15) is 28.4 Å². The third-order valence-electron chi connectivity index (χ3n) is 3.24. The smallest absolute Gasteiger partial charge is 0.345 e. The van der Waals surface area contributed by atoms with Gasteiger partial charge in [0.25, 0.3) is 0 Å². The topological polar surface area (TPSA) is 82.2 Å². The number of hydrogen-bond donors (Lipinski definition) is 2. The molecule has 0 aliphatic rings. The predicted molar refractivity (Wildman–Crippen MR) is 83.0 cm³/mol. The van der Waals surface area contributed by atoms with E-state index in [4.69, 9.17) is 10.5 Å². The number of nitrogens with two attached hydrogens (primary N) is 1. The molecular formula is C15H20N4O2. The molecular weight excluding hydrogens is 268 g/mol. The molecule has 6 heteroatoms. The Morgan fingerprint density at radius 3 is 2.71 bits per heavy atom. The largest absolute Gasteiger partial charge is 0.465 e. The predicted octanol–water partition coefficient (Wildman–Crippen LogP) is 2.29. The van der Waals surface area contributed by atoms with E-state index in [0.29, 0.717) is 12.4 Å². The van der Waals surface area contributed by atoms with E-state index in [1.807, 2.05) is 39.0 Å². The zero-order valence-electron chi connectivity index (χ0n) is 12.7. The number of ether oxygens (including phenoxy) is 1. The summed E-state index contributed by atoms with van der Waals surface area (Å²) in [6.45, 7) is 6.56. The lowest BCUT2D eigenvalue weighted by Crippen LogP contribution is -2.09. The lowest BCUT2D eigenvalue weighted by molar-refractivity contribution is 0.0603. The normalized spacial score (nSPS) is 10.5. The van der Waals surface area contributed by atoms with Crippen LogP contribution in [0.4, 0.5) is 11.6 Å². The van der Waals surface area contributed by atoms with Gasteiger partial charge in [-0.1, -0.05) is 17.7 Å². The molecule has 21 heavy (non-hydrogen) atoms. The highest BCUT2D eigenvalue weighted by Gasteiger charge is 2.23. The van der Waals surface area contributed by atoms with Crippen molar-refractivity contribution >= 4 is 17.6 Å². The molecule has 0 fully saturated rings. The Kier molecular flexibility index (Phi) is 4.16. The highest BCUT2D eigenvalue weighted by Crippen LogP contribution is 2.27. The third-order valence-corrected chi connectivity index (χ3v) is 3.24. The molecule has 0 amide bonds. The van der Waals surface area contributed by atoms with Gasteiger partial charge in [0, 0.05) is 6.54 Å². The van der Waals surface area contributed by atoms with E-state index in [0.717, 1.165) is 16.8 Å². The van der Waals surface area contributed by atoms with Crippen LogP contribution in [0.3, 0.4) is 0 Å². The number of hydrogen-bond acceptors (Lipinski definition) is 5. The first kappa shape index (κ1) is 14.9. The average Bonchev–Trinajstić information content (AvgIpc) is 2.75. The summed E-state index contributed by atoms with van der Waals surface area (Å²) in [5.74, 6) is 0.200. The molecule has 0 atom stereocenters. The molecule has 0 aliphatic carbocycles. The van der Waals surface area contributed by atoms with Crippen molar-refractivity contribution in [3.63, 3.8) is 0 Å². The number of aromatic nitrogens is 2. The summed E-state index contributed by atoms with van der Waals surface area (Å²) < 4.78 is 6.36. The number of nitrogens with zero attached hydrogens (tertiary/aromatic N) is 2. The van der Waals surface area contributed by atoms with Crippen LogP contribution in [0.2, 0.25) is 0 Å². The van der Waals surface area contributed by atoms with Gasteiger partial charge in [0.2, 0.25) is 0 Å². The van der Waals surface area contributed by atoms with Crippen molar-refractivity contribution in [1.29, 1.82) is 0 Å². The van der Waals surface area contributed by atoms with Gasteiger partial charge in [0.1, 0.15) is 11.4 Å². The summed E-state index contributed by atoms with van der Waals surface area (Å²) in [5.41, 5.74) is 9.40. The first-order valence-corrected chi connectivity index (χ1v) is 6.77. The standard InChI is InChI=1S/C15H20N4O2/c1-5-17-14-12(15(20)21-4)13(16)19(18-14)11-7-6-9(2)8-10(11)3/h6-8H,5,16H2,1-4H3,(H,17,18). The summed E-state index contributed by atoms with van der Waals surface area (Å²) in [6.07, 6.45) is 0. The summed E-state index contributed by atoms with van der Waals surface area (Å²) in [5, 5.41) is 7.45. The van der Waals surface area contributed by atoms with Gasteiger partial charge >= 0.3 is 5.97 Å². The lowest BCUT2D eigenvalue weighted by Gasteiger charge is -2.08. The van der Waals surface area contributed by atoms with Crippen LogP contribution in [0.25, 0.3) is 5.69 Å². The highest BCUT2D eigenvalue weighted by molar-refractivity contribution is 6.00. The molecule has 3 N–H and O–H groups in total. The maximum atomic E-state index is 11.9. The summed E-state index contributed by atoms with van der Waals surface area (Å²) in [6, 6.07) is 5.96. The van der Waals surface area contributed by atoms with Crippen LogP contribution in [-0.2, 0) is 4.74 Å². The number of carbonyl (C=O) groups excluding carboxylic acids is 1. The molecule has 1 aromatic carbocycles. The fraction of sp³-hybridized carbons (Fsp3) is 0.333. The zero-order valence-corrected chi connectivity index (χ0v) is 12.7. The van der Waals surface area contributed by atoms with Crippen LogP contribution >= 0.6 is 0 Å². The molecule has 112 valence electrons. The fourth-order valence-electron chi connectivity index (χ4n) is 2.25. The van der Waals surface area contributed by atoms with Gasteiger partial charge < -0.3 is 15.8 Å². The number of esters is 1. The van der Waals surface area contributed by atoms with E-state index in [1.165, 1.54) is 7.11 Å². The summed E-state index contributed by atoms with van der Waals surface area (Å²) in [4.78, 5) is 11.9. The molecule has 2 rings (SSSR count). The molecule has 0 bridgehead atoms. The van der Waals surface area contributed by atoms with E-state index in [9.17, 15) is 4.79 Å². The number of methoxy groups -OCH3 is 1. The zero-order chi connectivity index (χ0) is 15.6. The number of nitrogen functional groups attached to an aromatic ring is 1. The number of anilines is 2. The Morgan fingerprint density at radius 1 is 1.43 bits per heavy atom. The monoisotopic (exact) mass is 288 g/mol. The summed E-state index contributed by atoms with van der Waals surface area (Å²) >= 11 is 0. The van der Waals surface area contributed by atoms with E-state index in [1.54, 1.807) is 4.68 Å². The SMILES string of the molecule is CCNc1nn(-c2ccc(C)cc2C)c(N)c1C(=O)OC. The molecule has 0 aliphatic heterocycles. The second-order valence-electron chi connectivity index (χ2n) is 4.83. The van der Waals surface area contributed by atoms with E-state index >= 15 is 0 Å². The maximum Gasteiger partial charge on any atom is 0.345 e. The minimum atomic E-state index is -0.500. The van der Waals surface area contributed by atoms with Crippen molar-refractivity contribution in [3.05, 3.63) is 34.9 Å². The van der Waals surface area contributed by atoms with Crippen molar-refractivity contribution in [3.8, 4) is 5.69 Å². The van der Waals surface area contributed by atoms with Gasteiger partial charge in [0.05, 0.1) is 12.8 Å². The molecule has 2 aromatic rings. The maximum absolute atomic E-state index is 11.9. The number of rotatable bonds is 4. The molecule has 0 radical (unpaired) electrons. The quantitative estimate of drug-likeness (QED) is 0.843. The molecule has 0 unspecified atom stereocenters. The van der Waals surface area contributed by atoms with Gasteiger partial charge in [-0.2, -0.15) is 0 Å². The molecule has 0 saturated carbocycles. The van der Waals surface area contributed by atoms with Crippen molar-refractivity contribution in [2.24, 2.45) is 0 Å². The average molecular weight is 288 g/mol. The molecule has 1 aromatic heterocycles. The van der Waals surface area contributed by atoms with E-state index in [2.05, 4.69) is 10.4 Å². The van der Waals surface area contributed by atoms with Crippen LogP contribution in [-0.4, -0.2) is 29.4 Å². The fourth-order valence-corrected chi connectivity index (χ4v) is 2.25. The third kappa shape index (κ3) is 2.69. The molecule has 0 saturated heterocycles. The van der Waals surface area contributed by atoms with E-state index < -0.39 is 5.97 Å². The molecule has 1 heterocycles.